The maximum Gasteiger partial charge on any atom is 0.258 e. The van der Waals surface area contributed by atoms with Gasteiger partial charge in [-0.3, -0.25) is 0 Å². The molecule has 0 bridgehead atoms. The highest BCUT2D eigenvalue weighted by molar-refractivity contribution is 6.78. The lowest BCUT2D eigenvalue weighted by Gasteiger charge is -2.48. The van der Waals surface area contributed by atoms with Crippen molar-refractivity contribution < 1.29 is 18.7 Å². The number of aliphatic hydroxyl groups is 1. The second-order valence-electron chi connectivity index (χ2n) is 14.8. The summed E-state index contributed by atoms with van der Waals surface area (Å²) in [6.07, 6.45) is 0.993. The maximum absolute atomic E-state index is 10.7. The van der Waals surface area contributed by atoms with Crippen molar-refractivity contribution in [2.24, 2.45) is 0 Å². The average molecular weight is 579 g/mol. The zero-order valence-electron chi connectivity index (χ0n) is 28.1. The first kappa shape index (κ1) is 34.5. The lowest BCUT2D eigenvalue weighted by Crippen LogP contribution is -2.52. The van der Waals surface area contributed by atoms with Crippen molar-refractivity contribution in [1.29, 1.82) is 0 Å². The van der Waals surface area contributed by atoms with Crippen LogP contribution in [0.5, 0.6) is 5.75 Å². The van der Waals surface area contributed by atoms with Gasteiger partial charge in [0.2, 0.25) is 8.32 Å². The van der Waals surface area contributed by atoms with Gasteiger partial charge >= 0.3 is 0 Å². The molecule has 0 radical (unpaired) electrons. The predicted octanol–water partition coefficient (Wildman–Crippen LogP) is 10.1. The number of aliphatic hydroxyl groups excluding tert-OH is 1. The zero-order chi connectivity index (χ0) is 30.1. The normalized spacial score (nSPS) is 22.7. The summed E-state index contributed by atoms with van der Waals surface area (Å²) in [5.41, 5.74) is 4.14. The molecule has 1 aliphatic rings. The van der Waals surface area contributed by atoms with E-state index in [-0.39, 0.29) is 0 Å². The van der Waals surface area contributed by atoms with Crippen molar-refractivity contribution >= 4 is 16.6 Å². The third-order valence-electron chi connectivity index (χ3n) is 9.99. The van der Waals surface area contributed by atoms with Gasteiger partial charge in [0.15, 0.2) is 0 Å². The van der Waals surface area contributed by atoms with E-state index in [4.69, 9.17) is 13.6 Å². The minimum atomic E-state index is -2.22. The second kappa shape index (κ2) is 12.7. The maximum atomic E-state index is 10.7. The van der Waals surface area contributed by atoms with Crippen molar-refractivity contribution in [3.8, 4) is 5.75 Å². The van der Waals surface area contributed by atoms with Gasteiger partial charge in [-0.25, -0.2) is 0 Å². The molecule has 6 heteroatoms. The van der Waals surface area contributed by atoms with Crippen LogP contribution in [0.25, 0.3) is 0 Å². The van der Waals surface area contributed by atoms with E-state index < -0.39 is 33.9 Å². The topological polar surface area (TPSA) is 47.9 Å². The van der Waals surface area contributed by atoms with Crippen LogP contribution in [0.4, 0.5) is 0 Å². The number of benzene rings is 1. The van der Waals surface area contributed by atoms with Gasteiger partial charge in [-0.05, 0) is 78.5 Å². The van der Waals surface area contributed by atoms with Crippen LogP contribution in [0.1, 0.15) is 128 Å². The van der Waals surface area contributed by atoms with Crippen LogP contribution >= 0.6 is 0 Å². The van der Waals surface area contributed by atoms with Crippen LogP contribution in [-0.2, 0) is 21.4 Å². The Labute approximate surface area is 243 Å². The summed E-state index contributed by atoms with van der Waals surface area (Å²) in [6, 6.07) is 6.71. The lowest BCUT2D eigenvalue weighted by molar-refractivity contribution is -0.219. The van der Waals surface area contributed by atoms with Gasteiger partial charge in [-0.15, -0.1) is 0 Å². The molecule has 0 spiro atoms. The molecular formula is C33H62O4Si2. The zero-order valence-corrected chi connectivity index (χ0v) is 30.1. The van der Waals surface area contributed by atoms with E-state index in [0.29, 0.717) is 46.3 Å². The van der Waals surface area contributed by atoms with Gasteiger partial charge in [-0.1, -0.05) is 95.2 Å². The Morgan fingerprint density at radius 2 is 1.26 bits per heavy atom. The van der Waals surface area contributed by atoms with E-state index in [2.05, 4.69) is 108 Å². The number of rotatable bonds is 12. The highest BCUT2D eigenvalue weighted by atomic mass is 28.4. The fourth-order valence-corrected chi connectivity index (χ4v) is 18.8. The molecule has 1 saturated heterocycles. The summed E-state index contributed by atoms with van der Waals surface area (Å²) in [6.45, 7) is 34.9. The summed E-state index contributed by atoms with van der Waals surface area (Å²) < 4.78 is 21.1. The molecule has 226 valence electrons. The van der Waals surface area contributed by atoms with Crippen LogP contribution in [0.3, 0.4) is 0 Å². The molecule has 0 unspecified atom stereocenters. The van der Waals surface area contributed by atoms with Gasteiger partial charge in [0, 0.05) is 5.56 Å². The van der Waals surface area contributed by atoms with Crippen LogP contribution < -0.4 is 4.43 Å². The van der Waals surface area contributed by atoms with Gasteiger partial charge < -0.3 is 18.7 Å². The SMILES string of the molecule is CC(C)[Si](OCc1ccc([C@]2(C)CC[C@H](O)C(C)(C)O2)c(O[Si](C(C)C)(C(C)C)C(C)C)c1)(C(C)C)C(C)C. The monoisotopic (exact) mass is 578 g/mol. The molecule has 1 N–H and O–H groups in total. The van der Waals surface area contributed by atoms with Gasteiger partial charge in [0.25, 0.3) is 8.32 Å². The summed E-state index contributed by atoms with van der Waals surface area (Å²) in [5, 5.41) is 10.7. The number of ether oxygens (including phenoxy) is 1. The Morgan fingerprint density at radius 1 is 0.795 bits per heavy atom. The Balaban J connectivity index is 2.66. The molecule has 4 nitrogen and oxygen atoms in total. The Hall–Kier alpha value is -0.666. The quantitative estimate of drug-likeness (QED) is 0.251. The average Bonchev–Trinajstić information content (AvgIpc) is 2.78. The third-order valence-corrected chi connectivity index (χ3v) is 22.0. The van der Waals surface area contributed by atoms with Gasteiger partial charge in [0.1, 0.15) is 5.75 Å². The molecular weight excluding hydrogens is 517 g/mol. The second-order valence-corrected chi connectivity index (χ2v) is 25.7. The van der Waals surface area contributed by atoms with Crippen molar-refractivity contribution in [3.63, 3.8) is 0 Å². The molecule has 0 aliphatic carbocycles. The number of hydrogen-bond donors (Lipinski definition) is 1. The first-order chi connectivity index (χ1) is 17.8. The Kier molecular flexibility index (Phi) is 11.2. The lowest BCUT2D eigenvalue weighted by atomic mass is 9.81. The first-order valence-electron chi connectivity index (χ1n) is 15.6. The molecule has 1 heterocycles. The van der Waals surface area contributed by atoms with E-state index in [1.54, 1.807) is 0 Å². The first-order valence-corrected chi connectivity index (χ1v) is 19.9. The van der Waals surface area contributed by atoms with E-state index in [1.807, 2.05) is 13.8 Å². The summed E-state index contributed by atoms with van der Waals surface area (Å²) in [4.78, 5) is 0. The molecule has 1 aromatic carbocycles. The molecule has 39 heavy (non-hydrogen) atoms. The van der Waals surface area contributed by atoms with Gasteiger partial charge in [0.05, 0.1) is 23.9 Å². The van der Waals surface area contributed by atoms with Crippen LogP contribution in [0.15, 0.2) is 18.2 Å². The highest BCUT2D eigenvalue weighted by Gasteiger charge is 2.50. The summed E-state index contributed by atoms with van der Waals surface area (Å²) >= 11 is 0. The minimum absolute atomic E-state index is 0.464. The van der Waals surface area contributed by atoms with E-state index in [1.165, 1.54) is 5.56 Å². The van der Waals surface area contributed by atoms with E-state index in [9.17, 15) is 5.11 Å². The molecule has 0 saturated carbocycles. The molecule has 0 aromatic heterocycles. The molecule has 1 fully saturated rings. The molecule has 0 amide bonds. The fourth-order valence-electron chi connectivity index (χ4n) is 8.08. The third kappa shape index (κ3) is 6.71. The molecule has 1 aromatic rings. The predicted molar refractivity (Wildman–Crippen MR) is 172 cm³/mol. The Bertz CT molecular complexity index is 894. The number of hydrogen-bond acceptors (Lipinski definition) is 4. The van der Waals surface area contributed by atoms with Gasteiger partial charge in [-0.2, -0.15) is 0 Å². The van der Waals surface area contributed by atoms with Crippen LogP contribution in [0, 0.1) is 0 Å². The van der Waals surface area contributed by atoms with Crippen molar-refractivity contribution in [1.82, 2.24) is 0 Å². The molecule has 2 rings (SSSR count). The fraction of sp³-hybridized carbons (Fsp3) is 0.818. The van der Waals surface area contributed by atoms with Crippen molar-refractivity contribution in [2.45, 2.75) is 174 Å². The summed E-state index contributed by atoms with van der Waals surface area (Å²) in [5.74, 6) is 0.958. The van der Waals surface area contributed by atoms with E-state index in [0.717, 1.165) is 17.7 Å². The largest absolute Gasteiger partial charge is 0.542 e. The van der Waals surface area contributed by atoms with Crippen molar-refractivity contribution in [2.75, 3.05) is 0 Å². The molecule has 1 aliphatic heterocycles. The minimum Gasteiger partial charge on any atom is -0.542 e. The van der Waals surface area contributed by atoms with Crippen LogP contribution in [0.2, 0.25) is 33.2 Å². The van der Waals surface area contributed by atoms with Crippen molar-refractivity contribution in [3.05, 3.63) is 29.3 Å². The van der Waals surface area contributed by atoms with Crippen LogP contribution in [-0.4, -0.2) is 33.4 Å². The Morgan fingerprint density at radius 3 is 1.67 bits per heavy atom. The highest BCUT2D eigenvalue weighted by Crippen LogP contribution is 2.49. The van der Waals surface area contributed by atoms with E-state index >= 15 is 0 Å². The smallest absolute Gasteiger partial charge is 0.258 e. The standard InChI is InChI=1S/C33H62O4Si2/c1-22(2)38(23(3)4,24(5)6)35-21-28-16-17-29(33(15)19-18-31(34)32(13,14)37-33)30(20-28)36-39(25(7)8,26(9)10)27(11)12/h16-17,20,22-27,31,34H,18-19,21H2,1-15H3/t31-,33-/m0/s1. The molecule has 2 atom stereocenters. The summed E-state index contributed by atoms with van der Waals surface area (Å²) in [7, 11) is -4.22.